The van der Waals surface area contributed by atoms with E-state index in [2.05, 4.69) is 20.0 Å². The van der Waals surface area contributed by atoms with Crippen LogP contribution < -0.4 is 9.80 Å². The molecule has 1 saturated heterocycles. The summed E-state index contributed by atoms with van der Waals surface area (Å²) in [5.74, 6) is 4.19. The number of aromatic nitrogens is 5. The molecule has 0 aromatic carbocycles. The zero-order valence-corrected chi connectivity index (χ0v) is 15.3. The Balaban J connectivity index is 1.75. The van der Waals surface area contributed by atoms with Crippen LogP contribution in [0, 0.1) is 26.7 Å². The number of rotatable bonds is 4. The van der Waals surface area contributed by atoms with Gasteiger partial charge in [-0.1, -0.05) is 0 Å². The van der Waals surface area contributed by atoms with Gasteiger partial charge in [0.05, 0.1) is 0 Å². The van der Waals surface area contributed by atoms with Crippen molar-refractivity contribution in [3.8, 4) is 0 Å². The molecule has 1 aliphatic rings. The lowest BCUT2D eigenvalue weighted by molar-refractivity contribution is 0.345. The normalized spacial score (nSPS) is 18.0. The Morgan fingerprint density at radius 3 is 2.62 bits per heavy atom. The quantitative estimate of drug-likeness (QED) is 0.855. The zero-order valence-electron chi connectivity index (χ0n) is 15.3. The second-order valence-corrected chi connectivity index (χ2v) is 6.90. The fourth-order valence-electron chi connectivity index (χ4n) is 3.28. The number of hydrogen-bond donors (Lipinski definition) is 0. The van der Waals surface area contributed by atoms with Crippen LogP contribution in [0.4, 0.5) is 11.8 Å². The molecule has 0 saturated carbocycles. The lowest BCUT2D eigenvalue weighted by Gasteiger charge is -2.33. The first kappa shape index (κ1) is 16.7. The Labute approximate surface area is 143 Å². The summed E-state index contributed by atoms with van der Waals surface area (Å²) in [5, 5.41) is 4.50. The number of anilines is 2. The van der Waals surface area contributed by atoms with Gasteiger partial charge in [-0.05, 0) is 39.5 Å². The molecule has 2 aromatic rings. The summed E-state index contributed by atoms with van der Waals surface area (Å²) in [6.07, 6.45) is 2.37. The van der Waals surface area contributed by atoms with Crippen LogP contribution in [0.2, 0.25) is 0 Å². The van der Waals surface area contributed by atoms with Crippen LogP contribution in [0.25, 0.3) is 0 Å². The SMILES string of the molecule is Cc1cc(N(C)C)nc(N2CCC[C@H](Cn3nc(C)nc3C)C2)n1. The van der Waals surface area contributed by atoms with Crippen LogP contribution in [-0.2, 0) is 6.54 Å². The van der Waals surface area contributed by atoms with Gasteiger partial charge in [0.15, 0.2) is 0 Å². The molecule has 0 unspecified atom stereocenters. The fourth-order valence-corrected chi connectivity index (χ4v) is 3.28. The van der Waals surface area contributed by atoms with Crippen LogP contribution in [0.15, 0.2) is 6.07 Å². The predicted molar refractivity (Wildman–Crippen MR) is 95.5 cm³/mol. The zero-order chi connectivity index (χ0) is 17.3. The van der Waals surface area contributed by atoms with Crippen molar-refractivity contribution in [2.45, 2.75) is 40.2 Å². The summed E-state index contributed by atoms with van der Waals surface area (Å²) in [6.45, 7) is 8.89. The van der Waals surface area contributed by atoms with Gasteiger partial charge >= 0.3 is 0 Å². The average Bonchev–Trinajstić information content (AvgIpc) is 2.84. The van der Waals surface area contributed by atoms with Gasteiger partial charge in [0, 0.05) is 45.5 Å². The van der Waals surface area contributed by atoms with Gasteiger partial charge in [-0.2, -0.15) is 10.1 Å². The maximum atomic E-state index is 4.73. The van der Waals surface area contributed by atoms with E-state index in [1.165, 1.54) is 6.42 Å². The van der Waals surface area contributed by atoms with Crippen LogP contribution >= 0.6 is 0 Å². The number of aryl methyl sites for hydroxylation is 3. The van der Waals surface area contributed by atoms with Crippen LogP contribution in [-0.4, -0.2) is 51.9 Å². The highest BCUT2D eigenvalue weighted by Crippen LogP contribution is 2.23. The first-order valence-electron chi connectivity index (χ1n) is 8.58. The highest BCUT2D eigenvalue weighted by Gasteiger charge is 2.23. The van der Waals surface area contributed by atoms with Crippen molar-refractivity contribution in [2.75, 3.05) is 37.0 Å². The maximum absolute atomic E-state index is 4.73. The van der Waals surface area contributed by atoms with Gasteiger partial charge in [0.1, 0.15) is 17.5 Å². The largest absolute Gasteiger partial charge is 0.363 e. The van der Waals surface area contributed by atoms with E-state index in [0.29, 0.717) is 5.92 Å². The lowest BCUT2D eigenvalue weighted by Crippen LogP contribution is -2.38. The standard InChI is InChI=1S/C17H27N7/c1-12-9-16(22(4)5)20-17(18-12)23-8-6-7-15(10-23)11-24-14(3)19-13(2)21-24/h9,15H,6-8,10-11H2,1-5H3/t15-/m0/s1. The minimum atomic E-state index is 0.547. The van der Waals surface area contributed by atoms with Crippen LogP contribution in [0.1, 0.15) is 30.2 Å². The molecule has 7 heteroatoms. The molecular weight excluding hydrogens is 302 g/mol. The molecule has 7 nitrogen and oxygen atoms in total. The van der Waals surface area contributed by atoms with E-state index in [1.54, 1.807) is 0 Å². The number of nitrogens with zero attached hydrogens (tertiary/aromatic N) is 7. The van der Waals surface area contributed by atoms with Crippen molar-refractivity contribution < 1.29 is 0 Å². The molecule has 2 aromatic heterocycles. The van der Waals surface area contributed by atoms with Crippen LogP contribution in [0.5, 0.6) is 0 Å². The van der Waals surface area contributed by atoms with E-state index < -0.39 is 0 Å². The molecule has 3 rings (SSSR count). The van der Waals surface area contributed by atoms with E-state index >= 15 is 0 Å². The Hall–Kier alpha value is -2.18. The van der Waals surface area contributed by atoms with Crippen LogP contribution in [0.3, 0.4) is 0 Å². The molecular formula is C17H27N7. The third-order valence-corrected chi connectivity index (χ3v) is 4.48. The highest BCUT2D eigenvalue weighted by atomic mass is 15.4. The molecule has 1 atom stereocenters. The molecule has 0 amide bonds. The fraction of sp³-hybridized carbons (Fsp3) is 0.647. The van der Waals surface area contributed by atoms with Gasteiger partial charge < -0.3 is 9.80 Å². The van der Waals surface area contributed by atoms with Gasteiger partial charge in [-0.25, -0.2) is 14.6 Å². The lowest BCUT2D eigenvalue weighted by atomic mass is 9.98. The van der Waals surface area contributed by atoms with Gasteiger partial charge in [0.2, 0.25) is 5.95 Å². The van der Waals surface area contributed by atoms with Crippen molar-refractivity contribution in [1.29, 1.82) is 0 Å². The van der Waals surface area contributed by atoms with Crippen molar-refractivity contribution in [2.24, 2.45) is 5.92 Å². The third kappa shape index (κ3) is 3.66. The molecule has 3 heterocycles. The summed E-state index contributed by atoms with van der Waals surface area (Å²) in [4.78, 5) is 18.1. The number of piperidine rings is 1. The van der Waals surface area contributed by atoms with E-state index in [1.807, 2.05) is 50.5 Å². The minimum Gasteiger partial charge on any atom is -0.363 e. The van der Waals surface area contributed by atoms with Gasteiger partial charge in [-0.15, -0.1) is 0 Å². The smallest absolute Gasteiger partial charge is 0.227 e. The second-order valence-electron chi connectivity index (χ2n) is 6.90. The summed E-state index contributed by atoms with van der Waals surface area (Å²) in [6, 6.07) is 2.02. The summed E-state index contributed by atoms with van der Waals surface area (Å²) in [5.41, 5.74) is 1.01. The average molecular weight is 329 g/mol. The Bertz CT molecular complexity index is 707. The van der Waals surface area contributed by atoms with E-state index in [-0.39, 0.29) is 0 Å². The van der Waals surface area contributed by atoms with E-state index in [0.717, 1.165) is 55.2 Å². The van der Waals surface area contributed by atoms with Crippen molar-refractivity contribution in [3.05, 3.63) is 23.4 Å². The molecule has 0 bridgehead atoms. The highest BCUT2D eigenvalue weighted by molar-refractivity contribution is 5.45. The molecule has 1 aliphatic heterocycles. The molecule has 0 spiro atoms. The topological polar surface area (TPSA) is 63.0 Å². The van der Waals surface area contributed by atoms with Gasteiger partial charge in [-0.3, -0.25) is 0 Å². The predicted octanol–water partition coefficient (Wildman–Crippen LogP) is 1.98. The molecule has 1 fully saturated rings. The Kier molecular flexibility index (Phi) is 4.69. The summed E-state index contributed by atoms with van der Waals surface area (Å²) >= 11 is 0. The maximum Gasteiger partial charge on any atom is 0.227 e. The van der Waals surface area contributed by atoms with Gasteiger partial charge in [0.25, 0.3) is 0 Å². The first-order valence-corrected chi connectivity index (χ1v) is 8.58. The Morgan fingerprint density at radius 2 is 1.96 bits per heavy atom. The second kappa shape index (κ2) is 6.75. The minimum absolute atomic E-state index is 0.547. The summed E-state index contributed by atoms with van der Waals surface area (Å²) in [7, 11) is 4.03. The monoisotopic (exact) mass is 329 g/mol. The molecule has 0 radical (unpaired) electrons. The molecule has 0 N–H and O–H groups in total. The van der Waals surface area contributed by atoms with Crippen molar-refractivity contribution >= 4 is 11.8 Å². The number of hydrogen-bond acceptors (Lipinski definition) is 6. The van der Waals surface area contributed by atoms with E-state index in [9.17, 15) is 0 Å². The van der Waals surface area contributed by atoms with Crippen molar-refractivity contribution in [1.82, 2.24) is 24.7 Å². The van der Waals surface area contributed by atoms with Crippen molar-refractivity contribution in [3.63, 3.8) is 0 Å². The molecule has 0 aliphatic carbocycles. The van der Waals surface area contributed by atoms with E-state index in [4.69, 9.17) is 4.98 Å². The molecule has 130 valence electrons. The summed E-state index contributed by atoms with van der Waals surface area (Å²) < 4.78 is 2.03. The Morgan fingerprint density at radius 1 is 1.17 bits per heavy atom. The first-order chi connectivity index (χ1) is 11.4. The molecule has 24 heavy (non-hydrogen) atoms. The third-order valence-electron chi connectivity index (χ3n) is 4.48.